The van der Waals surface area contributed by atoms with Crippen molar-refractivity contribution in [1.82, 2.24) is 0 Å². The highest BCUT2D eigenvalue weighted by atomic mass is 16.5. The molecule has 0 aliphatic rings. The maximum absolute atomic E-state index is 11.4. The number of methoxy groups -OCH3 is 1. The maximum Gasteiger partial charge on any atom is 0.316 e. The van der Waals surface area contributed by atoms with E-state index in [0.29, 0.717) is 0 Å². The Morgan fingerprint density at radius 1 is 1.20 bits per heavy atom. The Bertz CT molecular complexity index is 246. The van der Waals surface area contributed by atoms with Gasteiger partial charge in [0, 0.05) is 6.42 Å². The Morgan fingerprint density at radius 2 is 1.80 bits per heavy atom. The third-order valence-corrected chi connectivity index (χ3v) is 1.93. The Morgan fingerprint density at radius 3 is 2.27 bits per heavy atom. The number of Topliss-reactive ketones (excluding diaryl/α,β-unsaturated/α-hetero) is 1. The topological polar surface area (TPSA) is 69.7 Å². The van der Waals surface area contributed by atoms with E-state index in [2.05, 4.69) is 9.47 Å². The fourth-order valence-electron chi connectivity index (χ4n) is 0.943. The smallest absolute Gasteiger partial charge is 0.316 e. The molecule has 0 rings (SSSR count). The van der Waals surface area contributed by atoms with Crippen molar-refractivity contribution in [2.24, 2.45) is 5.92 Å². The zero-order valence-corrected chi connectivity index (χ0v) is 9.24. The van der Waals surface area contributed by atoms with Crippen molar-refractivity contribution in [3.8, 4) is 0 Å². The van der Waals surface area contributed by atoms with Crippen molar-refractivity contribution in [2.75, 3.05) is 13.7 Å². The summed E-state index contributed by atoms with van der Waals surface area (Å²) in [5.74, 6) is -2.12. The zero-order chi connectivity index (χ0) is 11.8. The van der Waals surface area contributed by atoms with Crippen LogP contribution >= 0.6 is 0 Å². The summed E-state index contributed by atoms with van der Waals surface area (Å²) in [6.45, 7) is 3.38. The first-order chi connectivity index (χ1) is 7.02. The van der Waals surface area contributed by atoms with Gasteiger partial charge >= 0.3 is 11.9 Å². The van der Waals surface area contributed by atoms with Gasteiger partial charge in [-0.25, -0.2) is 0 Å². The van der Waals surface area contributed by atoms with Gasteiger partial charge in [-0.15, -0.1) is 0 Å². The number of ether oxygens (including phenoxy) is 2. The van der Waals surface area contributed by atoms with Crippen LogP contribution < -0.4 is 0 Å². The van der Waals surface area contributed by atoms with Crippen LogP contribution in [-0.2, 0) is 23.9 Å². The van der Waals surface area contributed by atoms with E-state index in [0.717, 1.165) is 0 Å². The third kappa shape index (κ3) is 5.15. The van der Waals surface area contributed by atoms with E-state index in [-0.39, 0.29) is 25.2 Å². The molecule has 0 fully saturated rings. The molecule has 0 bridgehead atoms. The van der Waals surface area contributed by atoms with Crippen molar-refractivity contribution < 1.29 is 23.9 Å². The fourth-order valence-corrected chi connectivity index (χ4v) is 0.943. The van der Waals surface area contributed by atoms with Crippen LogP contribution in [0.4, 0.5) is 0 Å². The van der Waals surface area contributed by atoms with E-state index in [1.165, 1.54) is 14.0 Å². The highest BCUT2D eigenvalue weighted by molar-refractivity contribution is 5.99. The van der Waals surface area contributed by atoms with Gasteiger partial charge in [0.1, 0.15) is 11.7 Å². The number of hydrogen-bond acceptors (Lipinski definition) is 5. The number of esters is 2. The van der Waals surface area contributed by atoms with Crippen LogP contribution in [0.5, 0.6) is 0 Å². The summed E-state index contributed by atoms with van der Waals surface area (Å²) in [5, 5.41) is 0. The summed E-state index contributed by atoms with van der Waals surface area (Å²) in [6.07, 6.45) is 0.00569. The minimum absolute atomic E-state index is 0.000914. The second-order valence-corrected chi connectivity index (χ2v) is 3.02. The molecule has 1 unspecified atom stereocenters. The standard InChI is InChI=1S/C10H16O5/c1-4-15-10(13)7(2)8(11)5-6-9(12)14-3/h7H,4-6H2,1-3H3. The Labute approximate surface area is 88.7 Å². The van der Waals surface area contributed by atoms with Crippen LogP contribution in [0.15, 0.2) is 0 Å². The highest BCUT2D eigenvalue weighted by Crippen LogP contribution is 2.06. The molecule has 0 heterocycles. The first-order valence-electron chi connectivity index (χ1n) is 4.79. The van der Waals surface area contributed by atoms with Crippen LogP contribution in [0.1, 0.15) is 26.7 Å². The molecule has 0 aliphatic carbocycles. The molecule has 0 aromatic rings. The highest BCUT2D eigenvalue weighted by Gasteiger charge is 2.22. The summed E-state index contributed by atoms with van der Waals surface area (Å²) in [6, 6.07) is 0. The first-order valence-corrected chi connectivity index (χ1v) is 4.79. The second-order valence-electron chi connectivity index (χ2n) is 3.02. The molecule has 5 nitrogen and oxygen atoms in total. The Kier molecular flexibility index (Phi) is 6.33. The minimum atomic E-state index is -0.811. The molecule has 0 aromatic carbocycles. The largest absolute Gasteiger partial charge is 0.469 e. The van der Waals surface area contributed by atoms with Crippen molar-refractivity contribution in [3.05, 3.63) is 0 Å². The fraction of sp³-hybridized carbons (Fsp3) is 0.700. The number of hydrogen-bond donors (Lipinski definition) is 0. The van der Waals surface area contributed by atoms with Crippen LogP contribution in [0.25, 0.3) is 0 Å². The van der Waals surface area contributed by atoms with Gasteiger partial charge in [-0.2, -0.15) is 0 Å². The molecule has 0 saturated heterocycles. The Balaban J connectivity index is 3.99. The normalized spacial score (nSPS) is 11.7. The molecule has 0 amide bonds. The molecule has 0 aromatic heterocycles. The predicted molar refractivity (Wildman–Crippen MR) is 52.1 cm³/mol. The number of carbonyl (C=O) groups is 3. The van der Waals surface area contributed by atoms with E-state index < -0.39 is 17.9 Å². The van der Waals surface area contributed by atoms with Crippen molar-refractivity contribution >= 4 is 17.7 Å². The van der Waals surface area contributed by atoms with E-state index >= 15 is 0 Å². The lowest BCUT2D eigenvalue weighted by Crippen LogP contribution is -2.23. The molecule has 1 atom stereocenters. The molecule has 86 valence electrons. The molecule has 0 saturated carbocycles. The van der Waals surface area contributed by atoms with E-state index in [1.54, 1.807) is 6.92 Å². The molecule has 0 radical (unpaired) electrons. The Hall–Kier alpha value is -1.39. The molecule has 5 heteroatoms. The maximum atomic E-state index is 11.4. The van der Waals surface area contributed by atoms with Crippen LogP contribution in [-0.4, -0.2) is 31.4 Å². The average Bonchev–Trinajstić information content (AvgIpc) is 2.24. The van der Waals surface area contributed by atoms with Crippen molar-refractivity contribution in [2.45, 2.75) is 26.7 Å². The quantitative estimate of drug-likeness (QED) is 0.483. The lowest BCUT2D eigenvalue weighted by atomic mass is 10.0. The van der Waals surface area contributed by atoms with Crippen LogP contribution in [0, 0.1) is 5.92 Å². The summed E-state index contributed by atoms with van der Waals surface area (Å²) >= 11 is 0. The summed E-state index contributed by atoms with van der Waals surface area (Å²) in [4.78, 5) is 33.3. The van der Waals surface area contributed by atoms with Crippen LogP contribution in [0.2, 0.25) is 0 Å². The SMILES string of the molecule is CCOC(=O)C(C)C(=O)CCC(=O)OC. The van der Waals surface area contributed by atoms with Crippen molar-refractivity contribution in [3.63, 3.8) is 0 Å². The predicted octanol–water partition coefficient (Wildman–Crippen LogP) is 0.708. The van der Waals surface area contributed by atoms with E-state index in [9.17, 15) is 14.4 Å². The summed E-state index contributed by atoms with van der Waals surface area (Å²) in [7, 11) is 1.25. The van der Waals surface area contributed by atoms with E-state index in [1.807, 2.05) is 0 Å². The minimum Gasteiger partial charge on any atom is -0.469 e. The lowest BCUT2D eigenvalue weighted by Gasteiger charge is -2.08. The van der Waals surface area contributed by atoms with Gasteiger partial charge in [-0.05, 0) is 13.8 Å². The molecule has 0 aliphatic heterocycles. The van der Waals surface area contributed by atoms with Gasteiger partial charge in [0.2, 0.25) is 0 Å². The number of ketones is 1. The molecular formula is C10H16O5. The molecular weight excluding hydrogens is 200 g/mol. The first kappa shape index (κ1) is 13.6. The molecule has 0 N–H and O–H groups in total. The second kappa shape index (κ2) is 6.98. The number of rotatable bonds is 6. The summed E-state index contributed by atoms with van der Waals surface area (Å²) < 4.78 is 9.06. The summed E-state index contributed by atoms with van der Waals surface area (Å²) in [5.41, 5.74) is 0. The molecule has 0 spiro atoms. The average molecular weight is 216 g/mol. The van der Waals surface area contributed by atoms with Gasteiger partial charge < -0.3 is 9.47 Å². The monoisotopic (exact) mass is 216 g/mol. The molecule has 15 heavy (non-hydrogen) atoms. The van der Waals surface area contributed by atoms with Gasteiger partial charge in [0.05, 0.1) is 20.1 Å². The zero-order valence-electron chi connectivity index (χ0n) is 9.24. The van der Waals surface area contributed by atoms with Gasteiger partial charge in [-0.1, -0.05) is 0 Å². The van der Waals surface area contributed by atoms with E-state index in [4.69, 9.17) is 0 Å². The van der Waals surface area contributed by atoms with Crippen LogP contribution in [0.3, 0.4) is 0 Å². The number of carbonyl (C=O) groups excluding carboxylic acids is 3. The van der Waals surface area contributed by atoms with Gasteiger partial charge in [0.25, 0.3) is 0 Å². The van der Waals surface area contributed by atoms with Crippen molar-refractivity contribution in [1.29, 1.82) is 0 Å². The lowest BCUT2D eigenvalue weighted by molar-refractivity contribution is -0.152. The third-order valence-electron chi connectivity index (χ3n) is 1.93. The van der Waals surface area contributed by atoms with Gasteiger partial charge in [-0.3, -0.25) is 14.4 Å². The van der Waals surface area contributed by atoms with Gasteiger partial charge in [0.15, 0.2) is 0 Å².